The molecule has 0 aliphatic carbocycles. The molecule has 0 fully saturated rings. The topological polar surface area (TPSA) is 79.4 Å². The molecule has 0 radical (unpaired) electrons. The molecule has 2 aromatic rings. The Bertz CT molecular complexity index is 827. The summed E-state index contributed by atoms with van der Waals surface area (Å²) in [5.41, 5.74) is 0.235. The van der Waals surface area contributed by atoms with Gasteiger partial charge in [0.1, 0.15) is 12.4 Å². The fraction of sp³-hybridized carbons (Fsp3) is 0.0667. The summed E-state index contributed by atoms with van der Waals surface area (Å²) in [6.45, 7) is -0.452. The number of nitrogens with zero attached hydrogens (tertiary/aromatic N) is 2. The summed E-state index contributed by atoms with van der Waals surface area (Å²) in [6, 6.07) is 5.69. The molecule has 0 atom stereocenters. The average Bonchev–Trinajstić information content (AvgIpc) is 2.75. The molecule has 1 aromatic carbocycles. The minimum absolute atomic E-state index is 0.117. The van der Waals surface area contributed by atoms with E-state index in [9.17, 15) is 14.4 Å². The van der Waals surface area contributed by atoms with Crippen LogP contribution in [0.3, 0.4) is 0 Å². The van der Waals surface area contributed by atoms with Crippen LogP contribution in [0.25, 0.3) is 0 Å². The number of halogens is 3. The zero-order chi connectivity index (χ0) is 17.4. The number of aromatic nitrogens is 1. The maximum Gasteiger partial charge on any atom is 0.262 e. The number of pyridine rings is 1. The van der Waals surface area contributed by atoms with Crippen LogP contribution in [0.1, 0.15) is 20.7 Å². The molecule has 3 amide bonds. The summed E-state index contributed by atoms with van der Waals surface area (Å²) in [4.78, 5) is 41.4. The van der Waals surface area contributed by atoms with Crippen molar-refractivity contribution >= 4 is 58.3 Å². The number of hydrogen-bond acceptors (Lipinski definition) is 4. The summed E-state index contributed by atoms with van der Waals surface area (Å²) in [7, 11) is 0. The van der Waals surface area contributed by atoms with Crippen molar-refractivity contribution in [1.29, 1.82) is 0 Å². The fourth-order valence-corrected chi connectivity index (χ4v) is 2.64. The Morgan fingerprint density at radius 1 is 1.04 bits per heavy atom. The number of carbonyl (C=O) groups is 3. The van der Waals surface area contributed by atoms with Crippen LogP contribution in [-0.4, -0.2) is 34.2 Å². The molecule has 122 valence electrons. The van der Waals surface area contributed by atoms with Gasteiger partial charge in [-0.3, -0.25) is 19.3 Å². The molecule has 0 unspecified atom stereocenters. The molecule has 3 rings (SSSR count). The Morgan fingerprint density at radius 2 is 1.62 bits per heavy atom. The average molecular weight is 385 g/mol. The predicted molar refractivity (Wildman–Crippen MR) is 89.7 cm³/mol. The van der Waals surface area contributed by atoms with Gasteiger partial charge in [-0.1, -0.05) is 34.8 Å². The lowest BCUT2D eigenvalue weighted by Crippen LogP contribution is -2.37. The van der Waals surface area contributed by atoms with Gasteiger partial charge in [0, 0.05) is 6.20 Å². The van der Waals surface area contributed by atoms with Crippen molar-refractivity contribution in [3.63, 3.8) is 0 Å². The van der Waals surface area contributed by atoms with Gasteiger partial charge in [0.05, 0.1) is 26.2 Å². The number of rotatable bonds is 3. The lowest BCUT2D eigenvalue weighted by molar-refractivity contribution is -0.116. The van der Waals surface area contributed by atoms with Gasteiger partial charge < -0.3 is 5.32 Å². The van der Waals surface area contributed by atoms with Gasteiger partial charge >= 0.3 is 0 Å². The molecular weight excluding hydrogens is 377 g/mol. The van der Waals surface area contributed by atoms with Crippen LogP contribution >= 0.6 is 34.8 Å². The Morgan fingerprint density at radius 3 is 2.12 bits per heavy atom. The lowest BCUT2D eigenvalue weighted by Gasteiger charge is -2.13. The summed E-state index contributed by atoms with van der Waals surface area (Å²) in [6.07, 6.45) is 1.36. The third kappa shape index (κ3) is 3.08. The van der Waals surface area contributed by atoms with Crippen molar-refractivity contribution < 1.29 is 14.4 Å². The van der Waals surface area contributed by atoms with Crippen LogP contribution in [0.4, 0.5) is 5.82 Å². The fourth-order valence-electron chi connectivity index (χ4n) is 2.20. The Balaban J connectivity index is 1.76. The first kappa shape index (κ1) is 16.7. The smallest absolute Gasteiger partial charge is 0.262 e. The molecule has 0 saturated heterocycles. The standard InChI is InChI=1S/C15H8Cl3N3O3/c16-7-1-2-12(19-5-7)20-13(22)6-21-14(23)8-3-10(17)11(18)4-9(8)15(21)24/h1-5H,6H2,(H,19,20,22). The first-order valence-electron chi connectivity index (χ1n) is 6.63. The number of benzene rings is 1. The Kier molecular flexibility index (Phi) is 4.45. The SMILES string of the molecule is O=C(CN1C(=O)c2cc(Cl)c(Cl)cc2C1=O)Nc1ccc(Cl)cn1. The summed E-state index contributed by atoms with van der Waals surface area (Å²) < 4.78 is 0. The van der Waals surface area contributed by atoms with E-state index in [2.05, 4.69) is 10.3 Å². The second kappa shape index (κ2) is 6.39. The third-order valence-electron chi connectivity index (χ3n) is 3.31. The normalized spacial score (nSPS) is 13.2. The van der Waals surface area contributed by atoms with E-state index in [-0.39, 0.29) is 27.0 Å². The van der Waals surface area contributed by atoms with Crippen molar-refractivity contribution in [3.05, 3.63) is 56.7 Å². The zero-order valence-electron chi connectivity index (χ0n) is 11.8. The van der Waals surface area contributed by atoms with Gasteiger partial charge in [0.2, 0.25) is 5.91 Å². The molecule has 1 aliphatic heterocycles. The summed E-state index contributed by atoms with van der Waals surface area (Å²) in [5.74, 6) is -1.52. The predicted octanol–water partition coefficient (Wildman–Crippen LogP) is 3.28. The van der Waals surface area contributed by atoms with E-state index in [4.69, 9.17) is 34.8 Å². The van der Waals surface area contributed by atoms with Gasteiger partial charge in [-0.15, -0.1) is 0 Å². The Hall–Kier alpha value is -2.15. The molecule has 24 heavy (non-hydrogen) atoms. The van der Waals surface area contributed by atoms with Gasteiger partial charge in [0.25, 0.3) is 11.8 Å². The number of imide groups is 1. The first-order chi connectivity index (χ1) is 11.4. The van der Waals surface area contributed by atoms with E-state index in [1.165, 1.54) is 24.4 Å². The molecule has 1 aromatic heterocycles. The maximum absolute atomic E-state index is 12.3. The van der Waals surface area contributed by atoms with Gasteiger partial charge in [-0.05, 0) is 24.3 Å². The van der Waals surface area contributed by atoms with Crippen molar-refractivity contribution in [2.45, 2.75) is 0 Å². The quantitative estimate of drug-likeness (QED) is 0.824. The van der Waals surface area contributed by atoms with E-state index in [1.54, 1.807) is 6.07 Å². The van der Waals surface area contributed by atoms with Crippen LogP contribution in [0.5, 0.6) is 0 Å². The molecule has 2 heterocycles. The maximum atomic E-state index is 12.3. The lowest BCUT2D eigenvalue weighted by atomic mass is 10.1. The van der Waals surface area contributed by atoms with E-state index in [0.29, 0.717) is 5.02 Å². The molecule has 1 aliphatic rings. The van der Waals surface area contributed by atoms with Crippen LogP contribution in [-0.2, 0) is 4.79 Å². The number of fused-ring (bicyclic) bond motifs is 1. The van der Waals surface area contributed by atoms with E-state index < -0.39 is 24.3 Å². The number of anilines is 1. The van der Waals surface area contributed by atoms with Crippen LogP contribution in [0.15, 0.2) is 30.5 Å². The minimum Gasteiger partial charge on any atom is -0.309 e. The Labute approximate surface area is 151 Å². The van der Waals surface area contributed by atoms with Crippen molar-refractivity contribution in [3.8, 4) is 0 Å². The first-order valence-corrected chi connectivity index (χ1v) is 7.77. The number of nitrogens with one attached hydrogen (secondary N) is 1. The third-order valence-corrected chi connectivity index (χ3v) is 4.25. The summed E-state index contributed by atoms with van der Waals surface area (Å²) in [5, 5.41) is 3.22. The van der Waals surface area contributed by atoms with Crippen LogP contribution < -0.4 is 5.32 Å². The molecule has 1 N–H and O–H groups in total. The van der Waals surface area contributed by atoms with Crippen LogP contribution in [0, 0.1) is 0 Å². The van der Waals surface area contributed by atoms with Crippen molar-refractivity contribution in [2.75, 3.05) is 11.9 Å². The summed E-state index contributed by atoms with van der Waals surface area (Å²) >= 11 is 17.4. The number of carbonyl (C=O) groups excluding carboxylic acids is 3. The molecule has 9 heteroatoms. The van der Waals surface area contributed by atoms with E-state index in [0.717, 1.165) is 4.90 Å². The highest BCUT2D eigenvalue weighted by Gasteiger charge is 2.37. The number of amides is 3. The molecular formula is C15H8Cl3N3O3. The minimum atomic E-state index is -0.604. The molecule has 0 bridgehead atoms. The van der Waals surface area contributed by atoms with E-state index in [1.807, 2.05) is 0 Å². The van der Waals surface area contributed by atoms with Crippen molar-refractivity contribution in [2.24, 2.45) is 0 Å². The number of hydrogen-bond donors (Lipinski definition) is 1. The molecule has 0 saturated carbocycles. The van der Waals surface area contributed by atoms with Crippen LogP contribution in [0.2, 0.25) is 15.1 Å². The highest BCUT2D eigenvalue weighted by molar-refractivity contribution is 6.43. The largest absolute Gasteiger partial charge is 0.309 e. The highest BCUT2D eigenvalue weighted by Crippen LogP contribution is 2.31. The van der Waals surface area contributed by atoms with Gasteiger partial charge in [-0.25, -0.2) is 4.98 Å². The monoisotopic (exact) mass is 383 g/mol. The van der Waals surface area contributed by atoms with Crippen molar-refractivity contribution in [1.82, 2.24) is 9.88 Å². The second-order valence-corrected chi connectivity index (χ2v) is 6.17. The zero-order valence-corrected chi connectivity index (χ0v) is 14.1. The molecule has 6 nitrogen and oxygen atoms in total. The van der Waals surface area contributed by atoms with E-state index >= 15 is 0 Å². The van der Waals surface area contributed by atoms with Gasteiger partial charge in [0.15, 0.2) is 0 Å². The highest BCUT2D eigenvalue weighted by atomic mass is 35.5. The second-order valence-electron chi connectivity index (χ2n) is 4.92. The molecule has 0 spiro atoms. The van der Waals surface area contributed by atoms with Gasteiger partial charge in [-0.2, -0.15) is 0 Å².